The maximum absolute atomic E-state index is 12.2. The van der Waals surface area contributed by atoms with E-state index in [1.165, 1.54) is 11.8 Å². The number of nitrogens with zero attached hydrogens (tertiary/aromatic N) is 4. The van der Waals surface area contributed by atoms with Gasteiger partial charge in [0, 0.05) is 5.69 Å². The third kappa shape index (κ3) is 4.40. The lowest BCUT2D eigenvalue weighted by Gasteiger charge is -2.08. The Balaban J connectivity index is 1.64. The highest BCUT2D eigenvalue weighted by molar-refractivity contribution is 7.99. The van der Waals surface area contributed by atoms with Gasteiger partial charge in [0.15, 0.2) is 0 Å². The maximum atomic E-state index is 12.2. The molecule has 0 bridgehead atoms. The van der Waals surface area contributed by atoms with Crippen molar-refractivity contribution in [3.05, 3.63) is 53.6 Å². The quantitative estimate of drug-likeness (QED) is 0.673. The van der Waals surface area contributed by atoms with Gasteiger partial charge in [-0.15, -0.1) is 5.10 Å². The molecule has 0 fully saturated rings. The van der Waals surface area contributed by atoms with Gasteiger partial charge in [0.1, 0.15) is 5.75 Å². The van der Waals surface area contributed by atoms with Crippen LogP contribution in [0.4, 0.5) is 5.69 Å². The topological polar surface area (TPSA) is 81.9 Å². The van der Waals surface area contributed by atoms with Crippen molar-refractivity contribution in [3.63, 3.8) is 0 Å². The monoisotopic (exact) mass is 369 g/mol. The molecule has 0 atom stereocenters. The van der Waals surface area contributed by atoms with Gasteiger partial charge in [-0.1, -0.05) is 17.8 Å². The van der Waals surface area contributed by atoms with Crippen LogP contribution in [0.5, 0.6) is 5.75 Å². The number of hydrogen-bond donors (Lipinski definition) is 1. The fourth-order valence-electron chi connectivity index (χ4n) is 2.51. The highest BCUT2D eigenvalue weighted by Gasteiger charge is 2.12. The Morgan fingerprint density at radius 1 is 1.15 bits per heavy atom. The zero-order valence-corrected chi connectivity index (χ0v) is 15.6. The van der Waals surface area contributed by atoms with E-state index >= 15 is 0 Å². The Morgan fingerprint density at radius 2 is 1.85 bits per heavy atom. The minimum Gasteiger partial charge on any atom is -0.497 e. The van der Waals surface area contributed by atoms with Gasteiger partial charge in [-0.2, -0.15) is 4.68 Å². The van der Waals surface area contributed by atoms with E-state index in [1.807, 2.05) is 26.0 Å². The predicted molar refractivity (Wildman–Crippen MR) is 101 cm³/mol. The number of amides is 1. The first kappa shape index (κ1) is 17.9. The Bertz CT molecular complexity index is 888. The number of methoxy groups -OCH3 is 1. The van der Waals surface area contributed by atoms with E-state index in [2.05, 4.69) is 26.9 Å². The highest BCUT2D eigenvalue weighted by Crippen LogP contribution is 2.21. The lowest BCUT2D eigenvalue weighted by atomic mass is 10.1. The predicted octanol–water partition coefficient (Wildman–Crippen LogP) is 3.02. The number of anilines is 1. The van der Waals surface area contributed by atoms with Crippen LogP contribution < -0.4 is 10.1 Å². The van der Waals surface area contributed by atoms with E-state index in [0.29, 0.717) is 10.8 Å². The minimum absolute atomic E-state index is 0.130. The van der Waals surface area contributed by atoms with E-state index in [1.54, 1.807) is 36.1 Å². The van der Waals surface area contributed by atoms with Crippen molar-refractivity contribution in [2.75, 3.05) is 18.2 Å². The molecule has 3 rings (SSSR count). The molecule has 0 aliphatic carbocycles. The van der Waals surface area contributed by atoms with E-state index in [4.69, 9.17) is 4.74 Å². The van der Waals surface area contributed by atoms with Crippen molar-refractivity contribution >= 4 is 23.4 Å². The van der Waals surface area contributed by atoms with Gasteiger partial charge in [0.25, 0.3) is 0 Å². The molecule has 0 saturated carbocycles. The van der Waals surface area contributed by atoms with Crippen LogP contribution >= 0.6 is 11.8 Å². The molecule has 134 valence electrons. The summed E-state index contributed by atoms with van der Waals surface area (Å²) in [5.41, 5.74) is 3.85. The zero-order valence-electron chi connectivity index (χ0n) is 14.8. The summed E-state index contributed by atoms with van der Waals surface area (Å²) in [6.07, 6.45) is 0. The second-order valence-electron chi connectivity index (χ2n) is 5.78. The molecule has 0 unspecified atom stereocenters. The van der Waals surface area contributed by atoms with E-state index < -0.39 is 0 Å². The molecule has 0 aliphatic heterocycles. The molecule has 1 aromatic heterocycles. The minimum atomic E-state index is -0.130. The van der Waals surface area contributed by atoms with E-state index in [0.717, 1.165) is 22.6 Å². The molecular formula is C18H19N5O2S. The number of aryl methyl sites for hydroxylation is 2. The van der Waals surface area contributed by atoms with Crippen molar-refractivity contribution in [1.29, 1.82) is 0 Å². The molecule has 26 heavy (non-hydrogen) atoms. The van der Waals surface area contributed by atoms with Crippen LogP contribution in [0.1, 0.15) is 11.1 Å². The van der Waals surface area contributed by atoms with Crippen LogP contribution in [-0.2, 0) is 4.79 Å². The van der Waals surface area contributed by atoms with Gasteiger partial charge >= 0.3 is 0 Å². The van der Waals surface area contributed by atoms with Gasteiger partial charge in [-0.3, -0.25) is 4.79 Å². The number of nitrogens with one attached hydrogen (secondary N) is 1. The smallest absolute Gasteiger partial charge is 0.234 e. The molecule has 0 aliphatic rings. The number of ether oxygens (including phenoxy) is 1. The number of tetrazole rings is 1. The van der Waals surface area contributed by atoms with Crippen LogP contribution in [0.15, 0.2) is 47.6 Å². The summed E-state index contributed by atoms with van der Waals surface area (Å²) in [4.78, 5) is 12.2. The number of thioether (sulfide) groups is 1. The molecule has 2 aromatic carbocycles. The van der Waals surface area contributed by atoms with Crippen molar-refractivity contribution < 1.29 is 9.53 Å². The Morgan fingerprint density at radius 3 is 2.50 bits per heavy atom. The van der Waals surface area contributed by atoms with Crippen LogP contribution in [0.2, 0.25) is 0 Å². The Labute approximate surface area is 155 Å². The third-order valence-electron chi connectivity index (χ3n) is 3.60. The number of rotatable bonds is 6. The maximum Gasteiger partial charge on any atom is 0.234 e. The van der Waals surface area contributed by atoms with Crippen molar-refractivity contribution in [1.82, 2.24) is 20.2 Å². The first-order valence-corrected chi connectivity index (χ1v) is 8.97. The third-order valence-corrected chi connectivity index (χ3v) is 4.52. The average molecular weight is 369 g/mol. The first-order valence-electron chi connectivity index (χ1n) is 7.99. The van der Waals surface area contributed by atoms with Crippen molar-refractivity contribution in [3.8, 4) is 11.4 Å². The average Bonchev–Trinajstić information content (AvgIpc) is 3.08. The number of carbonyl (C=O) groups excluding carboxylic acids is 1. The second-order valence-corrected chi connectivity index (χ2v) is 6.73. The summed E-state index contributed by atoms with van der Waals surface area (Å²) in [6.45, 7) is 4.05. The van der Waals surface area contributed by atoms with Crippen molar-refractivity contribution in [2.24, 2.45) is 0 Å². The summed E-state index contributed by atoms with van der Waals surface area (Å²) in [7, 11) is 1.60. The second kappa shape index (κ2) is 8.01. The van der Waals surface area contributed by atoms with Gasteiger partial charge < -0.3 is 10.1 Å². The normalized spacial score (nSPS) is 10.6. The molecule has 1 N–H and O–H groups in total. The summed E-state index contributed by atoms with van der Waals surface area (Å²) in [6, 6.07) is 13.3. The lowest BCUT2D eigenvalue weighted by Crippen LogP contribution is -2.14. The lowest BCUT2D eigenvalue weighted by molar-refractivity contribution is -0.113. The first-order chi connectivity index (χ1) is 12.5. The summed E-state index contributed by atoms with van der Waals surface area (Å²) >= 11 is 1.29. The largest absolute Gasteiger partial charge is 0.497 e. The van der Waals surface area contributed by atoms with Gasteiger partial charge in [0.2, 0.25) is 11.1 Å². The van der Waals surface area contributed by atoms with Gasteiger partial charge in [0.05, 0.1) is 18.6 Å². The molecule has 8 heteroatoms. The summed E-state index contributed by atoms with van der Waals surface area (Å²) < 4.78 is 6.75. The number of benzene rings is 2. The van der Waals surface area contributed by atoms with Gasteiger partial charge in [-0.25, -0.2) is 0 Å². The van der Waals surface area contributed by atoms with Crippen LogP contribution in [-0.4, -0.2) is 39.0 Å². The number of aromatic nitrogens is 4. The van der Waals surface area contributed by atoms with Crippen LogP contribution in [0, 0.1) is 13.8 Å². The molecule has 0 radical (unpaired) electrons. The fraction of sp³-hybridized carbons (Fsp3) is 0.222. The highest BCUT2D eigenvalue weighted by atomic mass is 32.2. The molecular weight excluding hydrogens is 350 g/mol. The van der Waals surface area contributed by atoms with Gasteiger partial charge in [-0.05, 0) is 71.8 Å². The molecule has 3 aromatic rings. The Hall–Kier alpha value is -2.87. The fourth-order valence-corrected chi connectivity index (χ4v) is 3.20. The van der Waals surface area contributed by atoms with Crippen LogP contribution in [0.3, 0.4) is 0 Å². The molecule has 0 spiro atoms. The summed E-state index contributed by atoms with van der Waals surface area (Å²) in [5.74, 6) is 0.817. The molecule has 1 amide bonds. The van der Waals surface area contributed by atoms with E-state index in [9.17, 15) is 4.79 Å². The molecule has 1 heterocycles. The molecule has 7 nitrogen and oxygen atoms in total. The number of carbonyl (C=O) groups is 1. The zero-order chi connectivity index (χ0) is 18.5. The van der Waals surface area contributed by atoms with Crippen molar-refractivity contribution in [2.45, 2.75) is 19.0 Å². The van der Waals surface area contributed by atoms with E-state index in [-0.39, 0.29) is 11.7 Å². The SMILES string of the molecule is COc1ccc(NC(=O)CSc2nnnn2-c2cc(C)cc(C)c2)cc1. The number of hydrogen-bond acceptors (Lipinski definition) is 6. The summed E-state index contributed by atoms with van der Waals surface area (Å²) in [5, 5.41) is 15.2. The standard InChI is InChI=1S/C18H19N5O2S/c1-12-8-13(2)10-15(9-12)23-18(20-21-22-23)26-11-17(24)19-14-4-6-16(25-3)7-5-14/h4-10H,11H2,1-3H3,(H,19,24). The van der Waals surface area contributed by atoms with Crippen LogP contribution in [0.25, 0.3) is 5.69 Å². The molecule has 0 saturated heterocycles. The Kier molecular flexibility index (Phi) is 5.52.